The SMILES string of the molecule is C=C(C)OC(=O)CCN(CCCCCCCC)CCCCCCCC. The molecule has 0 fully saturated rings. The topological polar surface area (TPSA) is 29.5 Å². The largest absolute Gasteiger partial charge is 0.432 e. The highest BCUT2D eigenvalue weighted by atomic mass is 16.5. The van der Waals surface area contributed by atoms with Crippen molar-refractivity contribution in [1.82, 2.24) is 4.90 Å². The standard InChI is InChI=1S/C22H43NO2/c1-5-7-9-11-13-15-18-23(19-16-14-12-10-8-6-2)20-17-22(24)25-21(3)4/h3,5-20H2,1-2,4H3. The minimum Gasteiger partial charge on any atom is -0.432 e. The minimum atomic E-state index is -0.150. The lowest BCUT2D eigenvalue weighted by atomic mass is 10.1. The minimum absolute atomic E-state index is 0.150. The van der Waals surface area contributed by atoms with Crippen LogP contribution in [-0.4, -0.2) is 30.5 Å². The molecule has 0 amide bonds. The van der Waals surface area contributed by atoms with Gasteiger partial charge in [0.1, 0.15) is 0 Å². The van der Waals surface area contributed by atoms with Crippen molar-refractivity contribution in [3.63, 3.8) is 0 Å². The molecule has 3 nitrogen and oxygen atoms in total. The fraction of sp³-hybridized carbons (Fsp3) is 0.864. The second kappa shape index (κ2) is 18.0. The van der Waals surface area contributed by atoms with Crippen LogP contribution in [0.1, 0.15) is 104 Å². The van der Waals surface area contributed by atoms with E-state index in [0.29, 0.717) is 12.2 Å². The van der Waals surface area contributed by atoms with Gasteiger partial charge in [-0.15, -0.1) is 0 Å². The first kappa shape index (κ1) is 24.2. The van der Waals surface area contributed by atoms with Crippen molar-refractivity contribution in [2.45, 2.75) is 104 Å². The Morgan fingerprint density at radius 3 is 1.64 bits per heavy atom. The predicted molar refractivity (Wildman–Crippen MR) is 109 cm³/mol. The van der Waals surface area contributed by atoms with Gasteiger partial charge in [0.15, 0.2) is 0 Å². The number of rotatable bonds is 18. The van der Waals surface area contributed by atoms with Crippen LogP contribution < -0.4 is 0 Å². The fourth-order valence-corrected chi connectivity index (χ4v) is 3.06. The molecule has 0 spiro atoms. The fourth-order valence-electron chi connectivity index (χ4n) is 3.06. The maximum Gasteiger partial charge on any atom is 0.312 e. The van der Waals surface area contributed by atoms with E-state index in [0.717, 1.165) is 19.6 Å². The molecule has 3 heteroatoms. The Balaban J connectivity index is 3.99. The van der Waals surface area contributed by atoms with Crippen LogP contribution in [0, 0.1) is 0 Å². The Kier molecular flexibility index (Phi) is 17.4. The Morgan fingerprint density at radius 1 is 0.760 bits per heavy atom. The smallest absolute Gasteiger partial charge is 0.312 e. The Morgan fingerprint density at radius 2 is 1.20 bits per heavy atom. The Bertz CT molecular complexity index is 312. The normalized spacial score (nSPS) is 11.0. The van der Waals surface area contributed by atoms with E-state index >= 15 is 0 Å². The second-order valence-electron chi connectivity index (χ2n) is 7.30. The number of allylic oxidation sites excluding steroid dienone is 1. The van der Waals surface area contributed by atoms with Crippen molar-refractivity contribution in [3.8, 4) is 0 Å². The van der Waals surface area contributed by atoms with Crippen LogP contribution in [0.3, 0.4) is 0 Å². The quantitative estimate of drug-likeness (QED) is 0.160. The van der Waals surface area contributed by atoms with Crippen LogP contribution in [0.2, 0.25) is 0 Å². The number of carbonyl (C=O) groups excluding carboxylic acids is 1. The van der Waals surface area contributed by atoms with Gasteiger partial charge in [-0.3, -0.25) is 4.79 Å². The summed E-state index contributed by atoms with van der Waals surface area (Å²) >= 11 is 0. The third kappa shape index (κ3) is 17.8. The average molecular weight is 354 g/mol. The molecule has 0 saturated heterocycles. The highest BCUT2D eigenvalue weighted by Crippen LogP contribution is 2.10. The summed E-state index contributed by atoms with van der Waals surface area (Å²) in [5.74, 6) is 0.340. The number of esters is 1. The molecule has 0 atom stereocenters. The molecule has 0 unspecified atom stereocenters. The summed E-state index contributed by atoms with van der Waals surface area (Å²) in [5.41, 5.74) is 0. The molecule has 0 saturated carbocycles. The number of unbranched alkanes of at least 4 members (excludes halogenated alkanes) is 10. The monoisotopic (exact) mass is 353 g/mol. The lowest BCUT2D eigenvalue weighted by Crippen LogP contribution is -2.29. The van der Waals surface area contributed by atoms with Gasteiger partial charge in [-0.25, -0.2) is 0 Å². The molecule has 25 heavy (non-hydrogen) atoms. The first-order valence-corrected chi connectivity index (χ1v) is 10.7. The Hall–Kier alpha value is -0.830. The van der Waals surface area contributed by atoms with Crippen LogP contribution >= 0.6 is 0 Å². The first-order chi connectivity index (χ1) is 12.1. The maximum atomic E-state index is 11.7. The van der Waals surface area contributed by atoms with Gasteiger partial charge in [-0.1, -0.05) is 84.6 Å². The van der Waals surface area contributed by atoms with E-state index in [1.807, 2.05) is 0 Å². The summed E-state index contributed by atoms with van der Waals surface area (Å²) in [5, 5.41) is 0. The molecule has 0 rings (SSSR count). The van der Waals surface area contributed by atoms with Gasteiger partial charge in [0.05, 0.1) is 12.2 Å². The molecule has 0 aliphatic heterocycles. The van der Waals surface area contributed by atoms with Crippen LogP contribution in [0.25, 0.3) is 0 Å². The molecule has 0 N–H and O–H groups in total. The van der Waals surface area contributed by atoms with Gasteiger partial charge in [-0.2, -0.15) is 0 Å². The zero-order valence-electron chi connectivity index (χ0n) is 17.3. The van der Waals surface area contributed by atoms with Gasteiger partial charge >= 0.3 is 5.97 Å². The number of hydrogen-bond donors (Lipinski definition) is 0. The van der Waals surface area contributed by atoms with Crippen molar-refractivity contribution in [3.05, 3.63) is 12.3 Å². The zero-order chi connectivity index (χ0) is 18.8. The molecular formula is C22H43NO2. The van der Waals surface area contributed by atoms with Crippen LogP contribution in [0.4, 0.5) is 0 Å². The molecule has 0 aromatic carbocycles. The summed E-state index contributed by atoms with van der Waals surface area (Å²) < 4.78 is 5.08. The zero-order valence-corrected chi connectivity index (χ0v) is 17.3. The summed E-state index contributed by atoms with van der Waals surface area (Å²) in [6.45, 7) is 12.9. The second-order valence-corrected chi connectivity index (χ2v) is 7.30. The average Bonchev–Trinajstić information content (AvgIpc) is 2.57. The number of hydrogen-bond acceptors (Lipinski definition) is 3. The summed E-state index contributed by atoms with van der Waals surface area (Å²) in [7, 11) is 0. The number of nitrogens with zero attached hydrogens (tertiary/aromatic N) is 1. The van der Waals surface area contributed by atoms with Crippen molar-refractivity contribution in [2.24, 2.45) is 0 Å². The van der Waals surface area contributed by atoms with E-state index in [-0.39, 0.29) is 5.97 Å². The molecule has 0 radical (unpaired) electrons. The van der Waals surface area contributed by atoms with Gasteiger partial charge in [0, 0.05) is 6.54 Å². The van der Waals surface area contributed by atoms with Gasteiger partial charge in [0.25, 0.3) is 0 Å². The molecule has 0 aromatic heterocycles. The molecule has 0 aromatic rings. The Labute approximate surface area is 157 Å². The van der Waals surface area contributed by atoms with E-state index in [1.165, 1.54) is 77.0 Å². The molecule has 148 valence electrons. The third-order valence-electron chi connectivity index (χ3n) is 4.58. The number of carbonyl (C=O) groups is 1. The van der Waals surface area contributed by atoms with Crippen LogP contribution in [0.15, 0.2) is 12.3 Å². The lowest BCUT2D eigenvalue weighted by Gasteiger charge is -2.22. The lowest BCUT2D eigenvalue weighted by molar-refractivity contribution is -0.139. The number of ether oxygens (including phenoxy) is 1. The highest BCUT2D eigenvalue weighted by Gasteiger charge is 2.09. The van der Waals surface area contributed by atoms with Crippen LogP contribution in [-0.2, 0) is 9.53 Å². The van der Waals surface area contributed by atoms with E-state index in [4.69, 9.17) is 4.74 Å². The maximum absolute atomic E-state index is 11.7. The van der Waals surface area contributed by atoms with E-state index < -0.39 is 0 Å². The van der Waals surface area contributed by atoms with Crippen molar-refractivity contribution in [1.29, 1.82) is 0 Å². The van der Waals surface area contributed by atoms with Crippen molar-refractivity contribution < 1.29 is 9.53 Å². The first-order valence-electron chi connectivity index (χ1n) is 10.7. The summed E-state index contributed by atoms with van der Waals surface area (Å²) in [4.78, 5) is 14.2. The molecule has 0 aliphatic carbocycles. The molecule has 0 heterocycles. The third-order valence-corrected chi connectivity index (χ3v) is 4.58. The van der Waals surface area contributed by atoms with Crippen LogP contribution in [0.5, 0.6) is 0 Å². The van der Waals surface area contributed by atoms with Gasteiger partial charge in [0.2, 0.25) is 0 Å². The van der Waals surface area contributed by atoms with E-state index in [1.54, 1.807) is 6.92 Å². The highest BCUT2D eigenvalue weighted by molar-refractivity contribution is 5.70. The molecule has 0 aliphatic rings. The summed E-state index contributed by atoms with van der Waals surface area (Å²) in [6.07, 6.45) is 16.3. The van der Waals surface area contributed by atoms with Crippen molar-refractivity contribution >= 4 is 5.97 Å². The van der Waals surface area contributed by atoms with Crippen molar-refractivity contribution in [2.75, 3.05) is 19.6 Å². The molecule has 0 bridgehead atoms. The van der Waals surface area contributed by atoms with E-state index in [9.17, 15) is 4.79 Å². The summed E-state index contributed by atoms with van der Waals surface area (Å²) in [6, 6.07) is 0. The molecular weight excluding hydrogens is 310 g/mol. The predicted octanol–water partition coefficient (Wildman–Crippen LogP) is 6.48. The van der Waals surface area contributed by atoms with Gasteiger partial charge in [-0.05, 0) is 32.9 Å². The van der Waals surface area contributed by atoms with E-state index in [2.05, 4.69) is 25.3 Å². The van der Waals surface area contributed by atoms with Gasteiger partial charge < -0.3 is 9.64 Å².